The number of hydrogen-bond donors (Lipinski definition) is 1. The van der Waals surface area contributed by atoms with Gasteiger partial charge in [-0.15, -0.1) is 0 Å². The largest absolute Gasteiger partial charge is 0.330 e. The number of sulfonamides is 1. The van der Waals surface area contributed by atoms with E-state index < -0.39 is 31.3 Å². The summed E-state index contributed by atoms with van der Waals surface area (Å²) in [5, 5.41) is 11.0. The summed E-state index contributed by atoms with van der Waals surface area (Å²) < 4.78 is 40.4. The van der Waals surface area contributed by atoms with Crippen LogP contribution in [0.5, 0.6) is 0 Å². The number of nitro benzene ring substituents is 1. The monoisotopic (exact) mass is 331 g/mol. The standard InChI is InChI=1S/C13H18FN3O4S/c1-9-5-6-16(8-10(9)7-15)22(20,21)13-11(14)3-2-4-12(13)17(18)19/h2-4,9-10H,5-8,15H2,1H3. The van der Waals surface area contributed by atoms with Gasteiger partial charge >= 0.3 is 0 Å². The summed E-state index contributed by atoms with van der Waals surface area (Å²) in [5.41, 5.74) is 4.89. The maximum Gasteiger partial charge on any atom is 0.292 e. The molecule has 22 heavy (non-hydrogen) atoms. The fourth-order valence-corrected chi connectivity index (χ4v) is 4.38. The van der Waals surface area contributed by atoms with E-state index in [0.29, 0.717) is 13.0 Å². The molecule has 122 valence electrons. The normalized spacial score (nSPS) is 23.4. The summed E-state index contributed by atoms with van der Waals surface area (Å²) in [6.07, 6.45) is 0.587. The smallest absolute Gasteiger partial charge is 0.292 e. The van der Waals surface area contributed by atoms with Crippen molar-refractivity contribution in [3.8, 4) is 0 Å². The molecule has 2 rings (SSSR count). The molecular formula is C13H18FN3O4S. The zero-order valence-electron chi connectivity index (χ0n) is 12.1. The van der Waals surface area contributed by atoms with E-state index >= 15 is 0 Å². The Morgan fingerprint density at radius 3 is 2.77 bits per heavy atom. The van der Waals surface area contributed by atoms with E-state index in [9.17, 15) is 22.9 Å². The number of hydrogen-bond acceptors (Lipinski definition) is 5. The van der Waals surface area contributed by atoms with E-state index in [0.717, 1.165) is 22.5 Å². The summed E-state index contributed by atoms with van der Waals surface area (Å²) in [6, 6.07) is 3.02. The van der Waals surface area contributed by atoms with Gasteiger partial charge in [0.2, 0.25) is 0 Å². The minimum Gasteiger partial charge on any atom is -0.330 e. The van der Waals surface area contributed by atoms with Crippen molar-refractivity contribution >= 4 is 15.7 Å². The second-order valence-electron chi connectivity index (χ2n) is 5.47. The Hall–Kier alpha value is -1.58. The number of piperidine rings is 1. The summed E-state index contributed by atoms with van der Waals surface area (Å²) in [6.45, 7) is 2.64. The first-order valence-electron chi connectivity index (χ1n) is 6.92. The van der Waals surface area contributed by atoms with Gasteiger partial charge < -0.3 is 5.73 Å². The Labute approximate surface area is 128 Å². The summed E-state index contributed by atoms with van der Waals surface area (Å²) in [4.78, 5) is 9.26. The van der Waals surface area contributed by atoms with Crippen LogP contribution >= 0.6 is 0 Å². The molecule has 1 fully saturated rings. The molecule has 1 aliphatic rings. The van der Waals surface area contributed by atoms with Crippen LogP contribution in [0.3, 0.4) is 0 Å². The Morgan fingerprint density at radius 1 is 1.50 bits per heavy atom. The predicted octanol–water partition coefficient (Wildman–Crippen LogP) is 1.34. The van der Waals surface area contributed by atoms with Gasteiger partial charge in [0.15, 0.2) is 4.90 Å². The van der Waals surface area contributed by atoms with Crippen molar-refractivity contribution in [2.75, 3.05) is 19.6 Å². The quantitative estimate of drug-likeness (QED) is 0.662. The van der Waals surface area contributed by atoms with Crippen molar-refractivity contribution in [2.45, 2.75) is 18.2 Å². The number of rotatable bonds is 4. The average Bonchev–Trinajstić information content (AvgIpc) is 2.46. The van der Waals surface area contributed by atoms with Crippen LogP contribution in [-0.4, -0.2) is 37.3 Å². The fourth-order valence-electron chi connectivity index (χ4n) is 2.67. The van der Waals surface area contributed by atoms with Gasteiger partial charge in [-0.25, -0.2) is 12.8 Å². The third kappa shape index (κ3) is 2.96. The lowest BCUT2D eigenvalue weighted by atomic mass is 9.88. The molecule has 1 aliphatic heterocycles. The molecule has 1 saturated heterocycles. The van der Waals surface area contributed by atoms with E-state index in [1.807, 2.05) is 6.92 Å². The van der Waals surface area contributed by atoms with E-state index in [-0.39, 0.29) is 24.9 Å². The molecule has 1 aromatic rings. The highest BCUT2D eigenvalue weighted by Crippen LogP contribution is 2.32. The van der Waals surface area contributed by atoms with Gasteiger partial charge in [0.1, 0.15) is 5.82 Å². The lowest BCUT2D eigenvalue weighted by Crippen LogP contribution is -2.45. The van der Waals surface area contributed by atoms with Crippen LogP contribution in [0.4, 0.5) is 10.1 Å². The summed E-state index contributed by atoms with van der Waals surface area (Å²) >= 11 is 0. The average molecular weight is 331 g/mol. The molecule has 1 heterocycles. The van der Waals surface area contributed by atoms with E-state index in [2.05, 4.69) is 0 Å². The van der Waals surface area contributed by atoms with Crippen molar-refractivity contribution < 1.29 is 17.7 Å². The number of nitrogens with two attached hydrogens (primary N) is 1. The Kier molecular flexibility index (Phi) is 4.78. The van der Waals surface area contributed by atoms with Gasteiger partial charge in [-0.1, -0.05) is 13.0 Å². The Morgan fingerprint density at radius 2 is 2.18 bits per heavy atom. The predicted molar refractivity (Wildman–Crippen MR) is 78.1 cm³/mol. The minimum absolute atomic E-state index is 0.0469. The zero-order valence-corrected chi connectivity index (χ0v) is 12.9. The maximum absolute atomic E-state index is 14.0. The molecule has 0 spiro atoms. The molecule has 2 N–H and O–H groups in total. The minimum atomic E-state index is -4.27. The molecule has 1 aromatic carbocycles. The molecule has 7 nitrogen and oxygen atoms in total. The van der Waals surface area contributed by atoms with Crippen LogP contribution in [-0.2, 0) is 10.0 Å². The van der Waals surface area contributed by atoms with Crippen molar-refractivity contribution in [1.82, 2.24) is 4.31 Å². The first kappa shape index (κ1) is 16.8. The lowest BCUT2D eigenvalue weighted by molar-refractivity contribution is -0.388. The highest BCUT2D eigenvalue weighted by molar-refractivity contribution is 7.89. The molecule has 9 heteroatoms. The molecule has 0 aromatic heterocycles. The Bertz CT molecular complexity index is 680. The summed E-state index contributed by atoms with van der Waals surface area (Å²) in [7, 11) is -4.27. The highest BCUT2D eigenvalue weighted by atomic mass is 32.2. The number of nitrogens with zero attached hydrogens (tertiary/aromatic N) is 2. The second-order valence-corrected chi connectivity index (χ2v) is 7.34. The van der Waals surface area contributed by atoms with Gasteiger partial charge in [0, 0.05) is 19.2 Å². The third-order valence-electron chi connectivity index (χ3n) is 4.12. The van der Waals surface area contributed by atoms with E-state index in [1.165, 1.54) is 0 Å². The van der Waals surface area contributed by atoms with Crippen LogP contribution in [0.2, 0.25) is 0 Å². The second kappa shape index (κ2) is 6.27. The van der Waals surface area contributed by atoms with Gasteiger partial charge in [-0.3, -0.25) is 10.1 Å². The molecule has 0 radical (unpaired) electrons. The van der Waals surface area contributed by atoms with E-state index in [4.69, 9.17) is 5.73 Å². The molecule has 0 aliphatic carbocycles. The van der Waals surface area contributed by atoms with Crippen molar-refractivity contribution in [3.05, 3.63) is 34.1 Å². The summed E-state index contributed by atoms with van der Waals surface area (Å²) in [5.74, 6) is -0.904. The van der Waals surface area contributed by atoms with Gasteiger partial charge in [-0.05, 0) is 30.9 Å². The van der Waals surface area contributed by atoms with Crippen molar-refractivity contribution in [2.24, 2.45) is 17.6 Å². The zero-order chi connectivity index (χ0) is 16.5. The maximum atomic E-state index is 14.0. The van der Waals surface area contributed by atoms with Crippen LogP contribution in [0, 0.1) is 27.8 Å². The number of benzene rings is 1. The third-order valence-corrected chi connectivity index (χ3v) is 6.05. The topological polar surface area (TPSA) is 107 Å². The number of nitro groups is 1. The van der Waals surface area contributed by atoms with Gasteiger partial charge in [0.25, 0.3) is 15.7 Å². The molecular weight excluding hydrogens is 313 g/mol. The molecule has 0 amide bonds. The van der Waals surface area contributed by atoms with E-state index in [1.54, 1.807) is 0 Å². The van der Waals surface area contributed by atoms with Gasteiger partial charge in [0.05, 0.1) is 4.92 Å². The molecule has 0 saturated carbocycles. The SMILES string of the molecule is CC1CCN(S(=O)(=O)c2c(F)cccc2[N+](=O)[O-])CC1CN. The first-order chi connectivity index (χ1) is 10.3. The first-order valence-corrected chi connectivity index (χ1v) is 8.36. The molecule has 0 bridgehead atoms. The van der Waals surface area contributed by atoms with Crippen LogP contribution in [0.25, 0.3) is 0 Å². The van der Waals surface area contributed by atoms with Crippen molar-refractivity contribution in [1.29, 1.82) is 0 Å². The van der Waals surface area contributed by atoms with Crippen LogP contribution < -0.4 is 5.73 Å². The Balaban J connectivity index is 2.46. The highest BCUT2D eigenvalue weighted by Gasteiger charge is 2.38. The molecule has 2 atom stereocenters. The molecule has 2 unspecified atom stereocenters. The fraction of sp³-hybridized carbons (Fsp3) is 0.538. The number of halogens is 1. The van der Waals surface area contributed by atoms with Crippen LogP contribution in [0.15, 0.2) is 23.1 Å². The van der Waals surface area contributed by atoms with Crippen LogP contribution in [0.1, 0.15) is 13.3 Å². The van der Waals surface area contributed by atoms with Gasteiger partial charge in [-0.2, -0.15) is 4.31 Å². The lowest BCUT2D eigenvalue weighted by Gasteiger charge is -2.35. The van der Waals surface area contributed by atoms with Crippen molar-refractivity contribution in [3.63, 3.8) is 0 Å².